The molecule has 3 atom stereocenters. The van der Waals surface area contributed by atoms with Gasteiger partial charge in [0.15, 0.2) is 11.5 Å². The molecule has 1 saturated heterocycles. The molecular formula is C29H48N2O7. The summed E-state index contributed by atoms with van der Waals surface area (Å²) in [5, 5.41) is 3.47. The lowest BCUT2D eigenvalue weighted by Gasteiger charge is -2.42. The second kappa shape index (κ2) is 14.6. The molecule has 1 fully saturated rings. The number of amides is 1. The molecule has 1 heterocycles. The predicted molar refractivity (Wildman–Crippen MR) is 146 cm³/mol. The van der Waals surface area contributed by atoms with Crippen molar-refractivity contribution < 1.29 is 33.3 Å². The Kier molecular flexibility index (Phi) is 12.2. The highest BCUT2D eigenvalue weighted by Gasteiger charge is 2.39. The summed E-state index contributed by atoms with van der Waals surface area (Å²) < 4.78 is 28.2. The zero-order chi connectivity index (χ0) is 28.5. The number of hydrogen-bond acceptors (Lipinski definition) is 8. The lowest BCUT2D eigenvalue weighted by Crippen LogP contribution is -2.49. The number of benzene rings is 1. The Morgan fingerprint density at radius 2 is 1.84 bits per heavy atom. The Morgan fingerprint density at radius 3 is 2.37 bits per heavy atom. The second-order valence-electron chi connectivity index (χ2n) is 11.4. The number of rotatable bonds is 14. The highest BCUT2D eigenvalue weighted by molar-refractivity contribution is 5.71. The summed E-state index contributed by atoms with van der Waals surface area (Å²) in [4.78, 5) is 25.3. The molecule has 1 aromatic rings. The van der Waals surface area contributed by atoms with Gasteiger partial charge in [0.05, 0.1) is 19.8 Å². The van der Waals surface area contributed by atoms with Crippen molar-refractivity contribution in [1.29, 1.82) is 0 Å². The van der Waals surface area contributed by atoms with Gasteiger partial charge < -0.3 is 23.7 Å². The van der Waals surface area contributed by atoms with Crippen LogP contribution in [0.2, 0.25) is 0 Å². The molecule has 3 unspecified atom stereocenters. The third kappa shape index (κ3) is 9.34. The fraction of sp³-hybridized carbons (Fsp3) is 0.724. The highest BCUT2D eigenvalue weighted by atomic mass is 16.6. The van der Waals surface area contributed by atoms with Crippen LogP contribution in [0.1, 0.15) is 78.3 Å². The van der Waals surface area contributed by atoms with E-state index in [1.54, 1.807) is 24.2 Å². The molecule has 0 N–H and O–H groups in total. The summed E-state index contributed by atoms with van der Waals surface area (Å²) in [6.07, 6.45) is 2.92. The fourth-order valence-electron chi connectivity index (χ4n) is 4.80. The van der Waals surface area contributed by atoms with Gasteiger partial charge in [-0.1, -0.05) is 19.9 Å². The van der Waals surface area contributed by atoms with E-state index in [4.69, 9.17) is 23.7 Å². The first-order valence-electron chi connectivity index (χ1n) is 13.6. The average Bonchev–Trinajstić information content (AvgIpc) is 3.24. The Labute approximate surface area is 228 Å². The van der Waals surface area contributed by atoms with Crippen LogP contribution in [-0.2, 0) is 19.0 Å². The molecule has 1 aliphatic heterocycles. The Hall–Kier alpha value is -2.52. The summed E-state index contributed by atoms with van der Waals surface area (Å²) in [5.41, 5.74) is 0.255. The molecule has 1 amide bonds. The minimum atomic E-state index is -0.656. The Morgan fingerprint density at radius 1 is 1.13 bits per heavy atom. The van der Waals surface area contributed by atoms with Crippen molar-refractivity contribution in [2.45, 2.75) is 84.5 Å². The van der Waals surface area contributed by atoms with Crippen molar-refractivity contribution >= 4 is 12.1 Å². The molecule has 0 aliphatic carbocycles. The van der Waals surface area contributed by atoms with Crippen LogP contribution in [0.15, 0.2) is 18.2 Å². The number of esters is 1. The van der Waals surface area contributed by atoms with Gasteiger partial charge in [-0.3, -0.25) is 4.79 Å². The number of hydrazine groups is 1. The normalized spacial score (nSPS) is 17.3. The Balaban J connectivity index is 2.52. The van der Waals surface area contributed by atoms with Gasteiger partial charge in [0, 0.05) is 40.7 Å². The topological polar surface area (TPSA) is 86.8 Å². The van der Waals surface area contributed by atoms with Crippen LogP contribution in [0, 0.1) is 11.8 Å². The summed E-state index contributed by atoms with van der Waals surface area (Å²) in [5.74, 6) is 1.36. The lowest BCUT2D eigenvalue weighted by atomic mass is 9.80. The SMILES string of the molecule is COCCCOc1cc(C(C(CCC2CCC(=O)O2)C(C)C)N(C(=O)OC(C)(C)C)N(C)C)ccc1OC. The van der Waals surface area contributed by atoms with Gasteiger partial charge in [-0.05, 0) is 69.6 Å². The van der Waals surface area contributed by atoms with Gasteiger partial charge >= 0.3 is 12.1 Å². The van der Waals surface area contributed by atoms with Crippen molar-refractivity contribution in [3.05, 3.63) is 23.8 Å². The largest absolute Gasteiger partial charge is 0.493 e. The van der Waals surface area contributed by atoms with E-state index in [-0.39, 0.29) is 30.0 Å². The number of carbonyl (C=O) groups is 2. The van der Waals surface area contributed by atoms with Gasteiger partial charge in [-0.2, -0.15) is 0 Å². The molecule has 0 aromatic heterocycles. The minimum absolute atomic E-state index is 0.0407. The summed E-state index contributed by atoms with van der Waals surface area (Å²) in [7, 11) is 6.97. The van der Waals surface area contributed by atoms with Crippen LogP contribution in [0.5, 0.6) is 11.5 Å². The predicted octanol–water partition coefficient (Wildman–Crippen LogP) is 5.62. The maximum absolute atomic E-state index is 13.6. The van der Waals surface area contributed by atoms with E-state index in [1.807, 2.05) is 53.1 Å². The molecule has 0 bridgehead atoms. The second-order valence-corrected chi connectivity index (χ2v) is 11.4. The number of cyclic esters (lactones) is 1. The first-order chi connectivity index (χ1) is 17.9. The molecule has 1 aliphatic rings. The maximum atomic E-state index is 13.6. The van der Waals surface area contributed by atoms with Crippen LogP contribution in [0.25, 0.3) is 0 Å². The number of ether oxygens (including phenoxy) is 5. The van der Waals surface area contributed by atoms with E-state index in [9.17, 15) is 9.59 Å². The summed E-state index contributed by atoms with van der Waals surface area (Å²) in [6, 6.07) is 5.47. The zero-order valence-electron chi connectivity index (χ0n) is 24.7. The van der Waals surface area contributed by atoms with Crippen LogP contribution in [0.4, 0.5) is 4.79 Å². The molecule has 1 aromatic carbocycles. The Bertz CT molecular complexity index is 897. The molecule has 0 radical (unpaired) electrons. The van der Waals surface area contributed by atoms with Gasteiger partial charge in [-0.25, -0.2) is 14.8 Å². The van der Waals surface area contributed by atoms with Crippen LogP contribution in [0.3, 0.4) is 0 Å². The van der Waals surface area contributed by atoms with E-state index >= 15 is 0 Å². The van der Waals surface area contributed by atoms with E-state index in [0.29, 0.717) is 31.1 Å². The van der Waals surface area contributed by atoms with Gasteiger partial charge in [0.25, 0.3) is 0 Å². The molecule has 0 saturated carbocycles. The first-order valence-corrected chi connectivity index (χ1v) is 13.6. The molecule has 38 heavy (non-hydrogen) atoms. The monoisotopic (exact) mass is 536 g/mol. The van der Waals surface area contributed by atoms with Crippen molar-refractivity contribution in [2.24, 2.45) is 11.8 Å². The number of carbonyl (C=O) groups excluding carboxylic acids is 2. The molecule has 2 rings (SSSR count). The number of methoxy groups -OCH3 is 2. The lowest BCUT2D eigenvalue weighted by molar-refractivity contribution is -0.141. The standard InChI is InChI=1S/C29H48N2O7/c1-20(2)23(14-12-22-13-16-26(32)37-22)27(31(30(6)7)28(33)38-29(3,4)5)21-11-15-24(35-9)25(19-21)36-18-10-17-34-8/h11,15,19-20,22-23,27H,10,12-14,16-18H2,1-9H3. The molecule has 9 heteroatoms. The minimum Gasteiger partial charge on any atom is -0.493 e. The van der Waals surface area contributed by atoms with Gasteiger partial charge in [-0.15, -0.1) is 0 Å². The average molecular weight is 537 g/mol. The quantitative estimate of drug-likeness (QED) is 0.172. The highest BCUT2D eigenvalue weighted by Crippen LogP contribution is 2.41. The van der Waals surface area contributed by atoms with Crippen LogP contribution >= 0.6 is 0 Å². The van der Waals surface area contributed by atoms with Crippen LogP contribution in [-0.4, -0.2) is 75.3 Å². The third-order valence-electron chi connectivity index (χ3n) is 6.61. The summed E-state index contributed by atoms with van der Waals surface area (Å²) in [6.45, 7) is 11.0. The molecule has 9 nitrogen and oxygen atoms in total. The van der Waals surface area contributed by atoms with Gasteiger partial charge in [0.1, 0.15) is 11.7 Å². The summed E-state index contributed by atoms with van der Waals surface area (Å²) >= 11 is 0. The van der Waals surface area contributed by atoms with Crippen LogP contribution < -0.4 is 9.47 Å². The van der Waals surface area contributed by atoms with Crippen molar-refractivity contribution in [2.75, 3.05) is 41.5 Å². The van der Waals surface area contributed by atoms with Gasteiger partial charge in [0.2, 0.25) is 0 Å². The fourth-order valence-corrected chi connectivity index (χ4v) is 4.80. The first kappa shape index (κ1) is 31.7. The third-order valence-corrected chi connectivity index (χ3v) is 6.61. The maximum Gasteiger partial charge on any atom is 0.425 e. The van der Waals surface area contributed by atoms with E-state index in [2.05, 4.69) is 13.8 Å². The van der Waals surface area contributed by atoms with Crippen molar-refractivity contribution in [3.8, 4) is 11.5 Å². The molecule has 0 spiro atoms. The van der Waals surface area contributed by atoms with Crippen molar-refractivity contribution in [1.82, 2.24) is 10.0 Å². The van der Waals surface area contributed by atoms with E-state index in [0.717, 1.165) is 31.2 Å². The smallest absolute Gasteiger partial charge is 0.425 e. The number of hydrogen-bond donors (Lipinski definition) is 0. The molecular weight excluding hydrogens is 488 g/mol. The van der Waals surface area contributed by atoms with Crippen molar-refractivity contribution in [3.63, 3.8) is 0 Å². The zero-order valence-corrected chi connectivity index (χ0v) is 24.7. The van der Waals surface area contributed by atoms with E-state index < -0.39 is 11.7 Å². The molecule has 216 valence electrons. The number of nitrogens with zero attached hydrogens (tertiary/aromatic N) is 2. The van der Waals surface area contributed by atoms with E-state index in [1.165, 1.54) is 0 Å².